The summed E-state index contributed by atoms with van der Waals surface area (Å²) in [7, 11) is 1.94. The first-order valence-electron chi connectivity index (χ1n) is 8.01. The Kier molecular flexibility index (Phi) is 5.57. The number of aromatic nitrogens is 2. The maximum absolute atomic E-state index is 12.4. The maximum atomic E-state index is 12.4. The molecule has 0 spiro atoms. The normalized spacial score (nSPS) is 21.4. The summed E-state index contributed by atoms with van der Waals surface area (Å²) in [4.78, 5) is 29.9. The van der Waals surface area contributed by atoms with Gasteiger partial charge in [-0.3, -0.25) is 4.79 Å². The SMILES string of the molecule is CCCCOC(=O)N1C[C@H](Cc2cncn2C)[C@@H](CC)C1=O. The van der Waals surface area contributed by atoms with E-state index in [9.17, 15) is 9.59 Å². The number of carbonyl (C=O) groups is 2. The van der Waals surface area contributed by atoms with E-state index >= 15 is 0 Å². The van der Waals surface area contributed by atoms with Crippen LogP contribution in [-0.4, -0.2) is 39.6 Å². The number of aryl methyl sites for hydroxylation is 1. The third kappa shape index (κ3) is 3.48. The molecular formula is C16H25N3O3. The van der Waals surface area contributed by atoms with Gasteiger partial charge in [0, 0.05) is 31.4 Å². The lowest BCUT2D eigenvalue weighted by Crippen LogP contribution is -2.34. The maximum Gasteiger partial charge on any atom is 0.416 e. The van der Waals surface area contributed by atoms with Gasteiger partial charge in [-0.15, -0.1) is 0 Å². The van der Waals surface area contributed by atoms with Gasteiger partial charge in [0.05, 0.1) is 12.9 Å². The zero-order valence-corrected chi connectivity index (χ0v) is 13.6. The van der Waals surface area contributed by atoms with E-state index in [-0.39, 0.29) is 17.7 Å². The van der Waals surface area contributed by atoms with Gasteiger partial charge >= 0.3 is 6.09 Å². The van der Waals surface area contributed by atoms with Crippen molar-refractivity contribution in [3.8, 4) is 0 Å². The molecule has 0 radical (unpaired) electrons. The highest BCUT2D eigenvalue weighted by molar-refractivity contribution is 5.95. The van der Waals surface area contributed by atoms with E-state index in [0.29, 0.717) is 13.2 Å². The van der Waals surface area contributed by atoms with Crippen molar-refractivity contribution >= 4 is 12.0 Å². The average molecular weight is 307 g/mol. The predicted molar refractivity (Wildman–Crippen MR) is 82.2 cm³/mol. The lowest BCUT2D eigenvalue weighted by molar-refractivity contribution is -0.129. The van der Waals surface area contributed by atoms with Crippen LogP contribution in [-0.2, 0) is 23.0 Å². The van der Waals surface area contributed by atoms with E-state index in [4.69, 9.17) is 4.74 Å². The topological polar surface area (TPSA) is 64.4 Å². The van der Waals surface area contributed by atoms with Crippen molar-refractivity contribution in [2.45, 2.75) is 39.5 Å². The molecule has 0 saturated carbocycles. The summed E-state index contributed by atoms with van der Waals surface area (Å²) in [6.45, 7) is 4.84. The number of unbranched alkanes of at least 4 members (excludes halogenated alkanes) is 1. The molecule has 1 aliphatic rings. The van der Waals surface area contributed by atoms with Crippen LogP contribution in [0.1, 0.15) is 38.8 Å². The molecule has 1 saturated heterocycles. The third-order valence-corrected chi connectivity index (χ3v) is 4.34. The van der Waals surface area contributed by atoms with Crippen LogP contribution in [0.15, 0.2) is 12.5 Å². The first-order chi connectivity index (χ1) is 10.6. The van der Waals surface area contributed by atoms with Gasteiger partial charge in [-0.2, -0.15) is 0 Å². The standard InChI is InChI=1S/C16H25N3O3/c1-4-6-7-22-16(21)19-10-12(14(5-2)15(19)20)8-13-9-17-11-18(13)3/h9,11-12,14H,4-8,10H2,1-3H3/t12-,14+/m0/s1. The van der Waals surface area contributed by atoms with Gasteiger partial charge < -0.3 is 9.30 Å². The summed E-state index contributed by atoms with van der Waals surface area (Å²) >= 11 is 0. The molecule has 2 atom stereocenters. The minimum Gasteiger partial charge on any atom is -0.449 e. The lowest BCUT2D eigenvalue weighted by atomic mass is 9.89. The molecule has 0 aromatic carbocycles. The van der Waals surface area contributed by atoms with E-state index in [2.05, 4.69) is 4.98 Å². The Labute approximate surface area is 131 Å². The number of hydrogen-bond acceptors (Lipinski definition) is 4. The minimum absolute atomic E-state index is 0.101. The quantitative estimate of drug-likeness (QED) is 0.757. The summed E-state index contributed by atoms with van der Waals surface area (Å²) < 4.78 is 7.14. The summed E-state index contributed by atoms with van der Waals surface area (Å²) in [5, 5.41) is 0. The van der Waals surface area contributed by atoms with Gasteiger partial charge in [-0.1, -0.05) is 20.3 Å². The molecule has 1 aliphatic heterocycles. The van der Waals surface area contributed by atoms with Gasteiger partial charge in [0.15, 0.2) is 0 Å². The van der Waals surface area contributed by atoms with Gasteiger partial charge in [0.25, 0.3) is 0 Å². The summed E-state index contributed by atoms with van der Waals surface area (Å²) in [6, 6.07) is 0. The molecule has 0 unspecified atom stereocenters. The number of nitrogens with zero attached hydrogens (tertiary/aromatic N) is 3. The fourth-order valence-corrected chi connectivity index (χ4v) is 2.96. The molecule has 2 heterocycles. The predicted octanol–water partition coefficient (Wildman–Crippen LogP) is 2.38. The first kappa shape index (κ1) is 16.5. The molecule has 0 aliphatic carbocycles. The van der Waals surface area contributed by atoms with Crippen molar-refractivity contribution in [2.24, 2.45) is 18.9 Å². The van der Waals surface area contributed by atoms with Gasteiger partial charge in [-0.05, 0) is 25.2 Å². The largest absolute Gasteiger partial charge is 0.449 e. The lowest BCUT2D eigenvalue weighted by Gasteiger charge is -2.15. The van der Waals surface area contributed by atoms with Crippen molar-refractivity contribution in [3.63, 3.8) is 0 Å². The molecule has 1 fully saturated rings. The second-order valence-corrected chi connectivity index (χ2v) is 5.89. The van der Waals surface area contributed by atoms with Crippen LogP contribution in [0.25, 0.3) is 0 Å². The third-order valence-electron chi connectivity index (χ3n) is 4.34. The molecule has 22 heavy (non-hydrogen) atoms. The van der Waals surface area contributed by atoms with Crippen molar-refractivity contribution in [3.05, 3.63) is 18.2 Å². The van der Waals surface area contributed by atoms with E-state index < -0.39 is 6.09 Å². The Morgan fingerprint density at radius 1 is 1.45 bits per heavy atom. The number of imide groups is 1. The van der Waals surface area contributed by atoms with Crippen LogP contribution >= 0.6 is 0 Å². The van der Waals surface area contributed by atoms with Crippen molar-refractivity contribution in [1.82, 2.24) is 14.5 Å². The Balaban J connectivity index is 2.02. The highest BCUT2D eigenvalue weighted by atomic mass is 16.6. The second kappa shape index (κ2) is 7.42. The smallest absolute Gasteiger partial charge is 0.416 e. The first-order valence-corrected chi connectivity index (χ1v) is 8.01. The average Bonchev–Trinajstić information content (AvgIpc) is 3.03. The van der Waals surface area contributed by atoms with Gasteiger partial charge in [0.2, 0.25) is 5.91 Å². The van der Waals surface area contributed by atoms with E-state index in [0.717, 1.165) is 31.4 Å². The molecule has 0 N–H and O–H groups in total. The molecule has 1 aromatic heterocycles. The summed E-state index contributed by atoms with van der Waals surface area (Å²) in [5.41, 5.74) is 1.08. The van der Waals surface area contributed by atoms with Gasteiger partial charge in [-0.25, -0.2) is 14.7 Å². The zero-order valence-electron chi connectivity index (χ0n) is 13.6. The fourth-order valence-electron chi connectivity index (χ4n) is 2.96. The molecule has 6 nitrogen and oxygen atoms in total. The zero-order chi connectivity index (χ0) is 16.1. The monoisotopic (exact) mass is 307 g/mol. The van der Waals surface area contributed by atoms with Gasteiger partial charge in [0.1, 0.15) is 0 Å². The van der Waals surface area contributed by atoms with Crippen LogP contribution in [0.5, 0.6) is 0 Å². The molecule has 2 amide bonds. The fraction of sp³-hybridized carbons (Fsp3) is 0.688. The summed E-state index contributed by atoms with van der Waals surface area (Å²) in [6.07, 6.45) is 6.35. The van der Waals surface area contributed by atoms with Crippen LogP contribution in [0.2, 0.25) is 0 Å². The van der Waals surface area contributed by atoms with Crippen LogP contribution in [0.3, 0.4) is 0 Å². The number of likely N-dealkylation sites (tertiary alicyclic amines) is 1. The van der Waals surface area contributed by atoms with E-state index in [1.807, 2.05) is 31.7 Å². The highest BCUT2D eigenvalue weighted by Crippen LogP contribution is 2.30. The number of rotatable bonds is 6. The van der Waals surface area contributed by atoms with Crippen LogP contribution in [0, 0.1) is 11.8 Å². The Morgan fingerprint density at radius 3 is 2.82 bits per heavy atom. The Morgan fingerprint density at radius 2 is 2.23 bits per heavy atom. The molecule has 0 bridgehead atoms. The number of carbonyl (C=O) groups excluding carboxylic acids is 2. The van der Waals surface area contributed by atoms with E-state index in [1.165, 1.54) is 4.90 Å². The van der Waals surface area contributed by atoms with Crippen molar-refractivity contribution in [2.75, 3.05) is 13.2 Å². The number of imidazole rings is 1. The second-order valence-electron chi connectivity index (χ2n) is 5.89. The Bertz CT molecular complexity index is 526. The molecule has 122 valence electrons. The highest BCUT2D eigenvalue weighted by Gasteiger charge is 2.42. The van der Waals surface area contributed by atoms with Crippen molar-refractivity contribution in [1.29, 1.82) is 0 Å². The van der Waals surface area contributed by atoms with E-state index in [1.54, 1.807) is 6.33 Å². The molecule has 1 aromatic rings. The number of ether oxygens (including phenoxy) is 1. The number of hydrogen-bond donors (Lipinski definition) is 0. The minimum atomic E-state index is -0.496. The molecule has 6 heteroatoms. The van der Waals surface area contributed by atoms with Crippen LogP contribution < -0.4 is 0 Å². The van der Waals surface area contributed by atoms with Crippen LogP contribution in [0.4, 0.5) is 4.79 Å². The summed E-state index contributed by atoms with van der Waals surface area (Å²) in [5.74, 6) is -0.0867. The number of amides is 2. The molecular weight excluding hydrogens is 282 g/mol. The van der Waals surface area contributed by atoms with Crippen molar-refractivity contribution < 1.29 is 14.3 Å². The Hall–Kier alpha value is -1.85. The molecule has 2 rings (SSSR count).